The molecule has 1 aliphatic heterocycles. The average Bonchev–Trinajstić information content (AvgIpc) is 2.56. The van der Waals surface area contributed by atoms with Crippen molar-refractivity contribution in [1.29, 1.82) is 0 Å². The van der Waals surface area contributed by atoms with Crippen LogP contribution in [0.1, 0.15) is 29.8 Å². The third-order valence-corrected chi connectivity index (χ3v) is 2.46. The Morgan fingerprint density at radius 1 is 1.13 bits per heavy atom. The first-order chi connectivity index (χ1) is 7.11. The van der Waals surface area contributed by atoms with Crippen molar-refractivity contribution >= 4 is 17.5 Å². The van der Waals surface area contributed by atoms with E-state index in [0.29, 0.717) is 22.5 Å². The molecule has 3 heteroatoms. The number of cyclic esters (lactones) is 1. The van der Waals surface area contributed by atoms with Gasteiger partial charge in [-0.2, -0.15) is 0 Å². The minimum Gasteiger partial charge on any atom is -0.422 e. The zero-order valence-corrected chi connectivity index (χ0v) is 8.53. The van der Waals surface area contributed by atoms with Gasteiger partial charge in [0, 0.05) is 11.1 Å². The van der Waals surface area contributed by atoms with Crippen LogP contribution in [0.5, 0.6) is 0 Å². The van der Waals surface area contributed by atoms with E-state index in [1.807, 2.05) is 6.07 Å². The number of Topliss-reactive ketones (excluding diaryl/α,β-unsaturated/α-hetero) is 1. The molecule has 1 heterocycles. The van der Waals surface area contributed by atoms with Crippen molar-refractivity contribution in [3.63, 3.8) is 0 Å². The van der Waals surface area contributed by atoms with Crippen LogP contribution in [0, 0.1) is 0 Å². The third kappa shape index (κ3) is 1.46. The van der Waals surface area contributed by atoms with Gasteiger partial charge in [0.2, 0.25) is 0 Å². The van der Waals surface area contributed by atoms with Crippen LogP contribution >= 0.6 is 0 Å². The second-order valence-electron chi connectivity index (χ2n) is 3.45. The maximum atomic E-state index is 11.4. The predicted molar refractivity (Wildman–Crippen MR) is 55.1 cm³/mol. The van der Waals surface area contributed by atoms with E-state index >= 15 is 0 Å². The van der Waals surface area contributed by atoms with Crippen molar-refractivity contribution in [3.05, 3.63) is 41.0 Å². The average molecular weight is 202 g/mol. The standard InChI is InChI=1S/C12H10O3/c1-7(8(2)13)11-9-5-3-4-6-10(9)12(14)15-11/h3-6H,1-2H3. The number of benzene rings is 1. The Kier molecular flexibility index (Phi) is 2.15. The molecule has 0 aromatic heterocycles. The van der Waals surface area contributed by atoms with Crippen molar-refractivity contribution in [3.8, 4) is 0 Å². The Labute approximate surface area is 87.4 Å². The summed E-state index contributed by atoms with van der Waals surface area (Å²) in [6.45, 7) is 3.12. The van der Waals surface area contributed by atoms with Crippen LogP contribution in [0.3, 0.4) is 0 Å². The Balaban J connectivity index is 2.64. The van der Waals surface area contributed by atoms with E-state index in [-0.39, 0.29) is 11.8 Å². The van der Waals surface area contributed by atoms with E-state index in [1.165, 1.54) is 6.92 Å². The van der Waals surface area contributed by atoms with Crippen molar-refractivity contribution in [1.82, 2.24) is 0 Å². The summed E-state index contributed by atoms with van der Waals surface area (Å²) in [5.74, 6) is -0.0844. The van der Waals surface area contributed by atoms with Gasteiger partial charge < -0.3 is 4.74 Å². The maximum Gasteiger partial charge on any atom is 0.344 e. The summed E-state index contributed by atoms with van der Waals surface area (Å²) in [6.07, 6.45) is 0. The lowest BCUT2D eigenvalue weighted by Gasteiger charge is -2.01. The first-order valence-electron chi connectivity index (χ1n) is 4.64. The van der Waals surface area contributed by atoms with E-state index in [2.05, 4.69) is 0 Å². The van der Waals surface area contributed by atoms with Gasteiger partial charge in [-0.25, -0.2) is 4.79 Å². The molecule has 1 aromatic rings. The van der Waals surface area contributed by atoms with Crippen LogP contribution < -0.4 is 0 Å². The normalized spacial score (nSPS) is 17.1. The summed E-state index contributed by atoms with van der Waals surface area (Å²) >= 11 is 0. The van der Waals surface area contributed by atoms with Gasteiger partial charge in [-0.1, -0.05) is 18.2 Å². The van der Waals surface area contributed by atoms with Crippen LogP contribution in [0.2, 0.25) is 0 Å². The van der Waals surface area contributed by atoms with E-state index < -0.39 is 0 Å². The number of ether oxygens (including phenoxy) is 1. The van der Waals surface area contributed by atoms with Crippen LogP contribution in [0.4, 0.5) is 0 Å². The lowest BCUT2D eigenvalue weighted by Crippen LogP contribution is -1.97. The van der Waals surface area contributed by atoms with Gasteiger partial charge >= 0.3 is 5.97 Å². The van der Waals surface area contributed by atoms with E-state index in [1.54, 1.807) is 25.1 Å². The van der Waals surface area contributed by atoms with Crippen molar-refractivity contribution in [2.75, 3.05) is 0 Å². The summed E-state index contributed by atoms with van der Waals surface area (Å²) < 4.78 is 5.07. The molecule has 0 bridgehead atoms. The minimum atomic E-state index is -0.388. The molecule has 0 aliphatic carbocycles. The fraction of sp³-hybridized carbons (Fsp3) is 0.167. The Morgan fingerprint density at radius 3 is 2.33 bits per heavy atom. The Morgan fingerprint density at radius 2 is 1.73 bits per heavy atom. The highest BCUT2D eigenvalue weighted by Crippen LogP contribution is 2.31. The van der Waals surface area contributed by atoms with Crippen LogP contribution in [0.15, 0.2) is 29.8 Å². The molecule has 0 saturated carbocycles. The van der Waals surface area contributed by atoms with Gasteiger partial charge in [-0.05, 0) is 19.9 Å². The van der Waals surface area contributed by atoms with E-state index in [4.69, 9.17) is 4.74 Å². The van der Waals surface area contributed by atoms with Crippen LogP contribution in [-0.2, 0) is 9.53 Å². The molecule has 15 heavy (non-hydrogen) atoms. The number of esters is 1. The number of fused-ring (bicyclic) bond motifs is 1. The third-order valence-electron chi connectivity index (χ3n) is 2.46. The number of carbonyl (C=O) groups is 2. The summed E-state index contributed by atoms with van der Waals surface area (Å²) in [5, 5.41) is 0. The number of rotatable bonds is 1. The Hall–Kier alpha value is -1.90. The summed E-state index contributed by atoms with van der Waals surface area (Å²) in [4.78, 5) is 22.6. The molecule has 76 valence electrons. The lowest BCUT2D eigenvalue weighted by molar-refractivity contribution is -0.113. The summed E-state index contributed by atoms with van der Waals surface area (Å²) in [7, 11) is 0. The zero-order chi connectivity index (χ0) is 11.0. The molecular weight excluding hydrogens is 192 g/mol. The molecule has 1 aliphatic rings. The molecule has 1 aromatic carbocycles. The second-order valence-corrected chi connectivity index (χ2v) is 3.45. The molecule has 0 spiro atoms. The molecule has 0 amide bonds. The fourth-order valence-corrected chi connectivity index (χ4v) is 1.50. The van der Waals surface area contributed by atoms with Gasteiger partial charge in [0.05, 0.1) is 5.56 Å². The zero-order valence-electron chi connectivity index (χ0n) is 8.53. The smallest absolute Gasteiger partial charge is 0.344 e. The summed E-state index contributed by atoms with van der Waals surface area (Å²) in [5.41, 5.74) is 1.71. The number of allylic oxidation sites excluding steroid dienone is 1. The predicted octanol–water partition coefficient (Wildman–Crippen LogP) is 2.18. The maximum absolute atomic E-state index is 11.4. The highest BCUT2D eigenvalue weighted by atomic mass is 16.5. The van der Waals surface area contributed by atoms with Gasteiger partial charge in [0.1, 0.15) is 5.76 Å². The first kappa shape index (κ1) is 9.65. The van der Waals surface area contributed by atoms with Crippen molar-refractivity contribution in [2.24, 2.45) is 0 Å². The molecule has 0 radical (unpaired) electrons. The van der Waals surface area contributed by atoms with E-state index in [0.717, 1.165) is 0 Å². The molecule has 0 unspecified atom stereocenters. The highest BCUT2D eigenvalue weighted by molar-refractivity contribution is 6.09. The molecule has 0 atom stereocenters. The number of carbonyl (C=O) groups excluding carboxylic acids is 2. The van der Waals surface area contributed by atoms with Crippen molar-refractivity contribution < 1.29 is 14.3 Å². The second kappa shape index (κ2) is 3.35. The van der Waals surface area contributed by atoms with E-state index in [9.17, 15) is 9.59 Å². The molecule has 0 fully saturated rings. The minimum absolute atomic E-state index is 0.0884. The van der Waals surface area contributed by atoms with Crippen molar-refractivity contribution in [2.45, 2.75) is 13.8 Å². The fourth-order valence-electron chi connectivity index (χ4n) is 1.50. The van der Waals surface area contributed by atoms with Gasteiger partial charge in [0.15, 0.2) is 5.78 Å². The quantitative estimate of drug-likeness (QED) is 0.517. The van der Waals surface area contributed by atoms with Crippen LogP contribution in [0.25, 0.3) is 5.76 Å². The molecule has 2 rings (SSSR count). The lowest BCUT2D eigenvalue weighted by atomic mass is 10.0. The number of hydrogen-bond donors (Lipinski definition) is 0. The van der Waals surface area contributed by atoms with Gasteiger partial charge in [0.25, 0.3) is 0 Å². The Bertz CT molecular complexity index is 483. The molecule has 3 nitrogen and oxygen atoms in total. The topological polar surface area (TPSA) is 43.4 Å². The highest BCUT2D eigenvalue weighted by Gasteiger charge is 2.28. The van der Waals surface area contributed by atoms with Crippen LogP contribution in [-0.4, -0.2) is 11.8 Å². The van der Waals surface area contributed by atoms with Gasteiger partial charge in [-0.15, -0.1) is 0 Å². The largest absolute Gasteiger partial charge is 0.422 e. The summed E-state index contributed by atoms with van der Waals surface area (Å²) in [6, 6.07) is 7.06. The molecule has 0 saturated heterocycles. The molecule has 0 N–H and O–H groups in total. The first-order valence-corrected chi connectivity index (χ1v) is 4.64. The van der Waals surface area contributed by atoms with Gasteiger partial charge in [-0.3, -0.25) is 4.79 Å². The number of ketones is 1. The SMILES string of the molecule is CC(=O)C(C)=C1OC(=O)c2ccccc21. The molecular formula is C12H10O3. The number of hydrogen-bond acceptors (Lipinski definition) is 3. The monoisotopic (exact) mass is 202 g/mol.